The molecule has 0 bridgehead atoms. The fourth-order valence-corrected chi connectivity index (χ4v) is 5.71. The maximum Gasteiger partial charge on any atom is 0.451 e. The van der Waals surface area contributed by atoms with Crippen LogP contribution >= 0.6 is 0 Å². The minimum atomic E-state index is -4.73. The van der Waals surface area contributed by atoms with Gasteiger partial charge in [-0.3, -0.25) is 9.58 Å². The maximum atomic E-state index is 13.1. The minimum Gasteiger partial charge on any atom is -0.474 e. The topological polar surface area (TPSA) is 142 Å². The number of ether oxygens (including phenoxy) is 1. The van der Waals surface area contributed by atoms with Crippen LogP contribution < -0.4 is 4.74 Å². The molecule has 0 spiro atoms. The number of aromatic amines is 1. The van der Waals surface area contributed by atoms with E-state index in [2.05, 4.69) is 41.0 Å². The number of hydrogen-bond acceptors (Lipinski definition) is 9. The van der Waals surface area contributed by atoms with Crippen molar-refractivity contribution < 1.29 is 23.0 Å². The van der Waals surface area contributed by atoms with Crippen molar-refractivity contribution >= 4 is 11.0 Å². The Morgan fingerprint density at radius 1 is 1.20 bits per heavy atom. The van der Waals surface area contributed by atoms with Gasteiger partial charge in [-0.1, -0.05) is 0 Å². The average Bonchev–Trinajstić information content (AvgIpc) is 3.61. The van der Waals surface area contributed by atoms with E-state index in [0.29, 0.717) is 32.4 Å². The zero-order chi connectivity index (χ0) is 27.9. The average molecular weight is 554 g/mol. The highest BCUT2D eigenvalue weighted by molar-refractivity contribution is 5.89. The van der Waals surface area contributed by atoms with Gasteiger partial charge in [-0.05, 0) is 31.7 Å². The lowest BCUT2D eigenvalue weighted by atomic mass is 9.69. The number of aliphatic hydroxyl groups excluding tert-OH is 1. The van der Waals surface area contributed by atoms with Crippen LogP contribution in [0.3, 0.4) is 0 Å². The summed E-state index contributed by atoms with van der Waals surface area (Å²) in [4.78, 5) is 21.0. The number of fused-ring (bicyclic) bond motifs is 1. The number of alkyl halides is 3. The lowest BCUT2D eigenvalue weighted by Crippen LogP contribution is -2.58. The molecule has 4 aromatic rings. The van der Waals surface area contributed by atoms with Crippen LogP contribution in [0.5, 0.6) is 5.88 Å². The van der Waals surface area contributed by atoms with E-state index >= 15 is 0 Å². The largest absolute Gasteiger partial charge is 0.474 e. The quantitative estimate of drug-likeness (QED) is 0.352. The van der Waals surface area contributed by atoms with E-state index in [0.717, 1.165) is 35.1 Å². The molecule has 0 amide bonds. The second-order valence-corrected chi connectivity index (χ2v) is 10.3. The number of H-pyrrole nitrogens is 1. The Morgan fingerprint density at radius 2 is 2.00 bits per heavy atom. The molecule has 5 heterocycles. The summed E-state index contributed by atoms with van der Waals surface area (Å²) in [5, 5.41) is 24.4. The molecule has 1 saturated carbocycles. The lowest BCUT2D eigenvalue weighted by molar-refractivity contribution is -0.145. The van der Waals surface area contributed by atoms with Gasteiger partial charge in [-0.25, -0.2) is 15.0 Å². The molecular formula is C26H26F3N9O2. The van der Waals surface area contributed by atoms with E-state index in [1.807, 2.05) is 23.1 Å². The standard InChI is InChI=1S/C26H26F3N9O2/c27-26(28,29)24-35-17(14-39)9-21(36-24)40-19-2-7-37(8-3-19)18-10-25(11-18,4-5-30)38-13-16(12-34-38)22-20-1-6-31-23(20)33-15-32-22/h1,6,9,12-13,15,18-19,39H,2-4,7-8,10-11,14H2,(H,31,32,33)/t18-,25+. The molecule has 2 N–H and O–H groups in total. The zero-order valence-electron chi connectivity index (χ0n) is 21.3. The van der Waals surface area contributed by atoms with Gasteiger partial charge in [0.2, 0.25) is 11.7 Å². The number of rotatable bonds is 7. The van der Waals surface area contributed by atoms with E-state index in [-0.39, 0.29) is 23.7 Å². The van der Waals surface area contributed by atoms with Crippen molar-refractivity contribution in [1.29, 1.82) is 5.26 Å². The fourth-order valence-electron chi connectivity index (χ4n) is 5.71. The van der Waals surface area contributed by atoms with Crippen molar-refractivity contribution in [3.63, 3.8) is 0 Å². The molecule has 1 saturated heterocycles. The normalized spacial score (nSPS) is 22.2. The molecule has 0 aromatic carbocycles. The van der Waals surface area contributed by atoms with Crippen LogP contribution in [0.4, 0.5) is 13.2 Å². The minimum absolute atomic E-state index is 0.142. The Balaban J connectivity index is 1.09. The first kappa shape index (κ1) is 26.1. The van der Waals surface area contributed by atoms with E-state index < -0.39 is 24.1 Å². The molecule has 40 heavy (non-hydrogen) atoms. The predicted octanol–water partition coefficient (Wildman–Crippen LogP) is 3.44. The summed E-state index contributed by atoms with van der Waals surface area (Å²) in [6.07, 6.45) is 5.10. The second-order valence-electron chi connectivity index (χ2n) is 10.3. The van der Waals surface area contributed by atoms with Crippen LogP contribution in [-0.2, 0) is 18.3 Å². The van der Waals surface area contributed by atoms with Crippen molar-refractivity contribution in [1.82, 2.24) is 39.6 Å². The number of aromatic nitrogens is 7. The molecule has 1 aliphatic carbocycles. The summed E-state index contributed by atoms with van der Waals surface area (Å²) in [6.45, 7) is 0.775. The summed E-state index contributed by atoms with van der Waals surface area (Å²) in [7, 11) is 0. The molecule has 6 rings (SSSR count). The first-order chi connectivity index (χ1) is 19.3. The van der Waals surface area contributed by atoms with Gasteiger partial charge in [-0.2, -0.15) is 28.5 Å². The molecule has 2 fully saturated rings. The highest BCUT2D eigenvalue weighted by Crippen LogP contribution is 2.45. The molecule has 0 unspecified atom stereocenters. The molecule has 0 radical (unpaired) electrons. The van der Waals surface area contributed by atoms with Crippen molar-refractivity contribution in [2.45, 2.75) is 62.6 Å². The monoisotopic (exact) mass is 553 g/mol. The number of nitriles is 1. The SMILES string of the molecule is N#CC[C@]1(n2cc(-c3ncnc4[nH]ccc34)cn2)C[C@@H](N2CCC(Oc3cc(CO)nc(C(F)(F)F)n3)CC2)C1. The van der Waals surface area contributed by atoms with E-state index in [9.17, 15) is 23.5 Å². The summed E-state index contributed by atoms with van der Waals surface area (Å²) in [5.41, 5.74) is 1.82. The second kappa shape index (κ2) is 10.1. The third kappa shape index (κ3) is 4.86. The molecule has 11 nitrogen and oxygen atoms in total. The number of nitrogens with zero attached hydrogens (tertiary/aromatic N) is 8. The van der Waals surface area contributed by atoms with Gasteiger partial charge in [-0.15, -0.1) is 0 Å². The van der Waals surface area contributed by atoms with E-state index in [1.54, 1.807) is 6.20 Å². The van der Waals surface area contributed by atoms with Gasteiger partial charge in [0.15, 0.2) is 0 Å². The Kier molecular flexibility index (Phi) is 6.63. The number of piperidine rings is 1. The Morgan fingerprint density at radius 3 is 2.73 bits per heavy atom. The van der Waals surface area contributed by atoms with Crippen molar-refractivity contribution in [3.8, 4) is 23.2 Å². The number of halogens is 3. The molecule has 0 atom stereocenters. The number of likely N-dealkylation sites (tertiary alicyclic amines) is 1. The molecular weight excluding hydrogens is 527 g/mol. The Hall–Kier alpha value is -4.09. The van der Waals surface area contributed by atoms with Gasteiger partial charge in [0.05, 0.1) is 42.2 Å². The van der Waals surface area contributed by atoms with Crippen molar-refractivity contribution in [2.24, 2.45) is 0 Å². The summed E-state index contributed by atoms with van der Waals surface area (Å²) in [6, 6.07) is 5.75. The summed E-state index contributed by atoms with van der Waals surface area (Å²) in [5.74, 6) is -1.51. The summed E-state index contributed by atoms with van der Waals surface area (Å²) >= 11 is 0. The molecule has 208 valence electrons. The van der Waals surface area contributed by atoms with Crippen LogP contribution in [0.15, 0.2) is 37.1 Å². The Bertz CT molecular complexity index is 1550. The van der Waals surface area contributed by atoms with Crippen LogP contribution in [0, 0.1) is 11.3 Å². The van der Waals surface area contributed by atoms with Crippen LogP contribution in [0.25, 0.3) is 22.3 Å². The number of hydrogen-bond donors (Lipinski definition) is 2. The van der Waals surface area contributed by atoms with E-state index in [4.69, 9.17) is 4.74 Å². The molecule has 1 aliphatic heterocycles. The predicted molar refractivity (Wildman–Crippen MR) is 135 cm³/mol. The first-order valence-electron chi connectivity index (χ1n) is 13.0. The third-order valence-corrected chi connectivity index (χ3v) is 7.79. The first-order valence-corrected chi connectivity index (χ1v) is 13.0. The molecule has 14 heteroatoms. The van der Waals surface area contributed by atoms with Gasteiger partial charge in [0.1, 0.15) is 18.1 Å². The van der Waals surface area contributed by atoms with Gasteiger partial charge in [0, 0.05) is 48.5 Å². The fraction of sp³-hybridized carbons (Fsp3) is 0.462. The highest BCUT2D eigenvalue weighted by atomic mass is 19.4. The maximum absolute atomic E-state index is 13.1. The number of aliphatic hydroxyl groups is 1. The van der Waals surface area contributed by atoms with Gasteiger partial charge in [0.25, 0.3) is 0 Å². The van der Waals surface area contributed by atoms with Gasteiger partial charge < -0.3 is 14.8 Å². The molecule has 2 aliphatic rings. The molecule has 4 aromatic heterocycles. The highest BCUT2D eigenvalue weighted by Gasteiger charge is 2.49. The summed E-state index contributed by atoms with van der Waals surface area (Å²) < 4.78 is 47.0. The van der Waals surface area contributed by atoms with Crippen molar-refractivity contribution in [3.05, 3.63) is 48.6 Å². The smallest absolute Gasteiger partial charge is 0.451 e. The van der Waals surface area contributed by atoms with Crippen LogP contribution in [-0.4, -0.2) is 69.9 Å². The third-order valence-electron chi connectivity index (χ3n) is 7.79. The van der Waals surface area contributed by atoms with Crippen molar-refractivity contribution in [2.75, 3.05) is 13.1 Å². The van der Waals surface area contributed by atoms with E-state index in [1.165, 1.54) is 12.4 Å². The van der Waals surface area contributed by atoms with Crippen LogP contribution in [0.2, 0.25) is 0 Å². The Labute approximate surface area is 226 Å². The van der Waals surface area contributed by atoms with Gasteiger partial charge >= 0.3 is 6.18 Å². The lowest BCUT2D eigenvalue weighted by Gasteiger charge is -2.52. The zero-order valence-corrected chi connectivity index (χ0v) is 21.3. The van der Waals surface area contributed by atoms with Crippen LogP contribution in [0.1, 0.15) is 43.6 Å². The number of nitrogens with one attached hydrogen (secondary N) is 1.